The molecule has 2 saturated heterocycles. The summed E-state index contributed by atoms with van der Waals surface area (Å²) in [6, 6.07) is 10.2. The smallest absolute Gasteiger partial charge is 0.318 e. The van der Waals surface area contributed by atoms with Crippen molar-refractivity contribution in [3.8, 4) is 11.3 Å². The number of urea groups is 1. The van der Waals surface area contributed by atoms with Crippen molar-refractivity contribution in [3.05, 3.63) is 89.9 Å². The molecule has 5 amide bonds. The molecule has 5 unspecified atom stereocenters. The lowest BCUT2D eigenvalue weighted by Gasteiger charge is -2.40. The van der Waals surface area contributed by atoms with E-state index in [1.807, 2.05) is 30.3 Å². The Balaban J connectivity index is 1.28. The Kier molecular flexibility index (Phi) is 13.7. The van der Waals surface area contributed by atoms with Crippen molar-refractivity contribution in [2.24, 2.45) is 11.8 Å². The number of ether oxygens (including phenoxy) is 1. The second kappa shape index (κ2) is 18.6. The monoisotopic (exact) mass is 829 g/mol. The number of imidazole rings is 1. The SMILES string of the molecule is CC(CNC(=O)CC(CN1C(=O)C=CC1=O)S(=O)(=O)O)NC(=O)N(CC1CNCC1F)C(c1nc(-c2cc(F)ccc2F)cn1Cc1ccccc1)C1CCOCC1. The predicted octanol–water partition coefficient (Wildman–Crippen LogP) is 2.99. The standard InChI is InChI=1S/C39H46F3N7O8S/c1-24(17-44-34(50)16-29(58(54,55)56)22-48-35(51)9-10-36(48)52)45-39(53)49(21-27-18-43-19-32(27)42)37(26-11-13-57-14-12-26)38-46-33(30-15-28(40)7-8-31(30)41)23-47(38)20-25-5-3-2-4-6-25/h2-10,15,23-24,26-27,29,32,37,43H,11-14,16-22H2,1H3,(H,44,50)(H,45,53)(H,54,55,56). The van der Waals surface area contributed by atoms with Crippen LogP contribution in [0.2, 0.25) is 0 Å². The molecular formula is C39H46F3N7O8S. The first-order valence-corrected chi connectivity index (χ1v) is 20.5. The number of benzene rings is 2. The van der Waals surface area contributed by atoms with Gasteiger partial charge in [0.25, 0.3) is 21.9 Å². The summed E-state index contributed by atoms with van der Waals surface area (Å²) in [4.78, 5) is 58.5. The Morgan fingerprint density at radius 3 is 2.43 bits per heavy atom. The maximum absolute atomic E-state index is 15.3. The number of carbonyl (C=O) groups excluding carboxylic acids is 4. The zero-order chi connectivity index (χ0) is 41.6. The number of imide groups is 1. The topological polar surface area (TPSA) is 192 Å². The summed E-state index contributed by atoms with van der Waals surface area (Å²) in [7, 11) is -4.87. The fourth-order valence-corrected chi connectivity index (χ4v) is 8.16. The minimum Gasteiger partial charge on any atom is -0.381 e. The van der Waals surface area contributed by atoms with Gasteiger partial charge in [-0.25, -0.2) is 22.9 Å². The van der Waals surface area contributed by atoms with Crippen LogP contribution in [0.1, 0.15) is 43.6 Å². The van der Waals surface area contributed by atoms with Crippen LogP contribution in [0, 0.1) is 23.5 Å². The summed E-state index contributed by atoms with van der Waals surface area (Å²) in [5, 5.41) is 6.62. The first-order chi connectivity index (χ1) is 27.7. The Hall–Kier alpha value is -5.11. The van der Waals surface area contributed by atoms with Gasteiger partial charge in [-0.1, -0.05) is 30.3 Å². The summed E-state index contributed by atoms with van der Waals surface area (Å²) < 4.78 is 86.5. The Morgan fingerprint density at radius 2 is 1.78 bits per heavy atom. The van der Waals surface area contributed by atoms with Crippen molar-refractivity contribution in [1.29, 1.82) is 0 Å². The number of hydrogen-bond acceptors (Lipinski definition) is 9. The number of carbonyl (C=O) groups is 4. The third kappa shape index (κ3) is 10.5. The molecule has 6 rings (SSSR count). The second-order valence-corrected chi connectivity index (χ2v) is 16.5. The van der Waals surface area contributed by atoms with Crippen molar-refractivity contribution in [3.63, 3.8) is 0 Å². The number of rotatable bonds is 16. The molecule has 312 valence electrons. The van der Waals surface area contributed by atoms with Gasteiger partial charge in [0.1, 0.15) is 28.9 Å². The van der Waals surface area contributed by atoms with Gasteiger partial charge in [-0.2, -0.15) is 8.42 Å². The number of aromatic nitrogens is 2. The molecular weight excluding hydrogens is 784 g/mol. The lowest BCUT2D eigenvalue weighted by Crippen LogP contribution is -2.53. The van der Waals surface area contributed by atoms with Gasteiger partial charge in [0, 0.05) is 94.8 Å². The molecule has 3 aromatic rings. The average molecular weight is 830 g/mol. The molecule has 4 N–H and O–H groups in total. The highest BCUT2D eigenvalue weighted by atomic mass is 32.2. The van der Waals surface area contributed by atoms with E-state index < -0.39 is 87.9 Å². The van der Waals surface area contributed by atoms with Crippen molar-refractivity contribution in [2.75, 3.05) is 45.9 Å². The quantitative estimate of drug-likeness (QED) is 0.123. The minimum atomic E-state index is -4.87. The molecule has 0 aliphatic carbocycles. The van der Waals surface area contributed by atoms with Crippen LogP contribution in [0.5, 0.6) is 0 Å². The number of amides is 5. The molecule has 0 radical (unpaired) electrons. The van der Waals surface area contributed by atoms with E-state index in [4.69, 9.17) is 9.72 Å². The Labute approximate surface area is 333 Å². The van der Waals surface area contributed by atoms with Crippen LogP contribution in [-0.4, -0.2) is 119 Å². The maximum atomic E-state index is 15.3. The van der Waals surface area contributed by atoms with E-state index in [-0.39, 0.29) is 49.9 Å². The van der Waals surface area contributed by atoms with Crippen molar-refractivity contribution < 1.29 is 50.1 Å². The largest absolute Gasteiger partial charge is 0.381 e. The molecule has 0 saturated carbocycles. The van der Waals surface area contributed by atoms with Gasteiger partial charge in [0.2, 0.25) is 5.91 Å². The molecule has 15 nitrogen and oxygen atoms in total. The molecule has 0 spiro atoms. The van der Waals surface area contributed by atoms with Crippen LogP contribution >= 0.6 is 0 Å². The van der Waals surface area contributed by atoms with Gasteiger partial charge >= 0.3 is 6.03 Å². The van der Waals surface area contributed by atoms with Gasteiger partial charge in [-0.15, -0.1) is 0 Å². The normalized spacial score (nSPS) is 20.3. The van der Waals surface area contributed by atoms with Crippen molar-refractivity contribution >= 4 is 33.9 Å². The van der Waals surface area contributed by atoms with Crippen molar-refractivity contribution in [1.82, 2.24) is 35.3 Å². The minimum absolute atomic E-state index is 0.0538. The van der Waals surface area contributed by atoms with E-state index in [1.54, 1.807) is 17.7 Å². The summed E-state index contributed by atoms with van der Waals surface area (Å²) in [6.07, 6.45) is 2.44. The van der Waals surface area contributed by atoms with Crippen LogP contribution in [0.15, 0.2) is 66.9 Å². The maximum Gasteiger partial charge on any atom is 0.318 e. The molecule has 2 fully saturated rings. The van der Waals surface area contributed by atoms with Gasteiger partial charge in [0.15, 0.2) is 0 Å². The van der Waals surface area contributed by atoms with E-state index in [1.165, 1.54) is 4.90 Å². The number of hydrogen-bond donors (Lipinski definition) is 4. The van der Waals surface area contributed by atoms with E-state index >= 15 is 8.78 Å². The fourth-order valence-electron chi connectivity index (χ4n) is 7.46. The highest BCUT2D eigenvalue weighted by molar-refractivity contribution is 7.86. The first-order valence-electron chi connectivity index (χ1n) is 19.0. The lowest BCUT2D eigenvalue weighted by molar-refractivity contribution is -0.137. The molecule has 4 heterocycles. The summed E-state index contributed by atoms with van der Waals surface area (Å²) >= 11 is 0. The molecule has 3 aliphatic rings. The first kappa shape index (κ1) is 42.5. The van der Waals surface area contributed by atoms with E-state index in [0.717, 1.165) is 35.9 Å². The molecule has 5 atom stereocenters. The highest BCUT2D eigenvalue weighted by Gasteiger charge is 2.41. The van der Waals surface area contributed by atoms with Gasteiger partial charge < -0.3 is 30.2 Å². The van der Waals surface area contributed by atoms with Crippen molar-refractivity contribution in [2.45, 2.75) is 56.2 Å². The Morgan fingerprint density at radius 1 is 1.07 bits per heavy atom. The summed E-state index contributed by atoms with van der Waals surface area (Å²) in [5.41, 5.74) is 0.934. The van der Waals surface area contributed by atoms with Crippen LogP contribution in [0.25, 0.3) is 11.3 Å². The van der Waals surface area contributed by atoms with Gasteiger partial charge in [0.05, 0.1) is 11.7 Å². The van der Waals surface area contributed by atoms with E-state index in [0.29, 0.717) is 36.8 Å². The molecule has 1 aromatic heterocycles. The molecule has 58 heavy (non-hydrogen) atoms. The third-order valence-electron chi connectivity index (χ3n) is 10.6. The zero-order valence-corrected chi connectivity index (χ0v) is 32.5. The zero-order valence-electron chi connectivity index (χ0n) is 31.7. The summed E-state index contributed by atoms with van der Waals surface area (Å²) in [6.45, 7) is 1.98. The lowest BCUT2D eigenvalue weighted by atomic mass is 9.89. The molecule has 0 bridgehead atoms. The van der Waals surface area contributed by atoms with Gasteiger partial charge in [-0.05, 0) is 49.4 Å². The molecule has 2 aromatic carbocycles. The number of nitrogens with zero attached hydrogens (tertiary/aromatic N) is 4. The predicted molar refractivity (Wildman–Crippen MR) is 204 cm³/mol. The fraction of sp³-hybridized carbons (Fsp3) is 0.462. The average Bonchev–Trinajstić information content (AvgIpc) is 3.89. The number of halogens is 3. The van der Waals surface area contributed by atoms with Crippen LogP contribution in [-0.2, 0) is 35.8 Å². The van der Waals surface area contributed by atoms with Gasteiger partial charge in [-0.3, -0.25) is 23.8 Å². The second-order valence-electron chi connectivity index (χ2n) is 14.8. The van der Waals surface area contributed by atoms with Crippen LogP contribution < -0.4 is 16.0 Å². The number of alkyl halides is 1. The number of nitrogens with one attached hydrogen (secondary N) is 3. The van der Waals surface area contributed by atoms with Crippen LogP contribution in [0.3, 0.4) is 0 Å². The van der Waals surface area contributed by atoms with E-state index in [9.17, 15) is 36.5 Å². The molecule has 19 heteroatoms. The summed E-state index contributed by atoms with van der Waals surface area (Å²) in [5.74, 6) is -4.27. The van der Waals surface area contributed by atoms with Crippen LogP contribution in [0.4, 0.5) is 18.0 Å². The third-order valence-corrected chi connectivity index (χ3v) is 11.7. The highest BCUT2D eigenvalue weighted by Crippen LogP contribution is 2.38. The van der Waals surface area contributed by atoms with E-state index in [2.05, 4.69) is 16.0 Å². The molecule has 3 aliphatic heterocycles. The Bertz CT molecular complexity index is 2100.